The molecule has 8 atom stereocenters. The van der Waals surface area contributed by atoms with Crippen molar-refractivity contribution in [1.29, 1.82) is 0 Å². The molecule has 8 unspecified atom stereocenters. The monoisotopic (exact) mass is 442 g/mol. The summed E-state index contributed by atoms with van der Waals surface area (Å²) in [5.74, 6) is -2.85. The Labute approximate surface area is 169 Å². The summed E-state index contributed by atoms with van der Waals surface area (Å²) in [5, 5.41) is 98.6. The SMILES string of the molecule is O=C(N/N=C\C(O)C(O)C(O)C(O)CO)C(=O)N/N=C/C(O)C(O)C(O)C(O)CO. The van der Waals surface area contributed by atoms with E-state index >= 15 is 0 Å². The van der Waals surface area contributed by atoms with Gasteiger partial charge in [0.1, 0.15) is 48.8 Å². The van der Waals surface area contributed by atoms with Crippen molar-refractivity contribution >= 4 is 24.2 Å². The summed E-state index contributed by atoms with van der Waals surface area (Å²) in [6.45, 7) is -1.79. The van der Waals surface area contributed by atoms with E-state index in [4.69, 9.17) is 20.4 Å². The van der Waals surface area contributed by atoms with Crippen molar-refractivity contribution in [2.75, 3.05) is 13.2 Å². The first-order valence-electron chi connectivity index (χ1n) is 8.30. The van der Waals surface area contributed by atoms with Crippen LogP contribution in [0.2, 0.25) is 0 Å². The molecule has 0 saturated heterocycles. The van der Waals surface area contributed by atoms with E-state index in [-0.39, 0.29) is 0 Å². The molecule has 0 aromatic carbocycles. The minimum absolute atomic E-state index is 0.514. The third kappa shape index (κ3) is 9.13. The quantitative estimate of drug-likeness (QED) is 0.0762. The van der Waals surface area contributed by atoms with Crippen molar-refractivity contribution in [1.82, 2.24) is 10.9 Å². The van der Waals surface area contributed by atoms with Crippen LogP contribution in [-0.2, 0) is 9.59 Å². The van der Waals surface area contributed by atoms with E-state index < -0.39 is 73.9 Å². The fourth-order valence-electron chi connectivity index (χ4n) is 1.70. The smallest absolute Gasteiger partial charge is 0.331 e. The third-order valence-corrected chi connectivity index (χ3v) is 3.56. The first kappa shape index (κ1) is 27.9. The maximum absolute atomic E-state index is 11.4. The highest BCUT2D eigenvalue weighted by molar-refractivity contribution is 6.35. The lowest BCUT2D eigenvalue weighted by Crippen LogP contribution is -2.47. The van der Waals surface area contributed by atoms with Crippen LogP contribution in [0.4, 0.5) is 0 Å². The van der Waals surface area contributed by atoms with Gasteiger partial charge >= 0.3 is 11.8 Å². The molecule has 12 N–H and O–H groups in total. The lowest BCUT2D eigenvalue weighted by molar-refractivity contribution is -0.139. The number of nitrogens with zero attached hydrogens (tertiary/aromatic N) is 2. The Morgan fingerprint density at radius 1 is 0.633 bits per heavy atom. The lowest BCUT2D eigenvalue weighted by Gasteiger charge is -2.23. The number of carbonyl (C=O) groups excluding carboxylic acids is 2. The minimum atomic E-state index is -1.97. The van der Waals surface area contributed by atoms with Crippen LogP contribution in [-0.4, -0.2) is 137 Å². The van der Waals surface area contributed by atoms with Gasteiger partial charge in [0.05, 0.1) is 25.6 Å². The molecule has 30 heavy (non-hydrogen) atoms. The van der Waals surface area contributed by atoms with Crippen LogP contribution in [0.15, 0.2) is 10.2 Å². The van der Waals surface area contributed by atoms with Crippen LogP contribution in [0.25, 0.3) is 0 Å². The van der Waals surface area contributed by atoms with Gasteiger partial charge in [0.15, 0.2) is 0 Å². The second kappa shape index (κ2) is 14.0. The summed E-state index contributed by atoms with van der Waals surface area (Å²) in [4.78, 5) is 22.9. The Bertz CT molecular complexity index is 541. The van der Waals surface area contributed by atoms with Crippen molar-refractivity contribution in [3.8, 4) is 0 Å². The summed E-state index contributed by atoms with van der Waals surface area (Å²) >= 11 is 0. The number of carbonyl (C=O) groups is 2. The average molecular weight is 442 g/mol. The minimum Gasteiger partial charge on any atom is -0.394 e. The number of amides is 2. The fourth-order valence-corrected chi connectivity index (χ4v) is 1.70. The van der Waals surface area contributed by atoms with Crippen molar-refractivity contribution < 1.29 is 60.7 Å². The van der Waals surface area contributed by atoms with Crippen LogP contribution in [0.3, 0.4) is 0 Å². The van der Waals surface area contributed by atoms with Gasteiger partial charge in [-0.15, -0.1) is 0 Å². The largest absolute Gasteiger partial charge is 0.394 e. The Kier molecular flexibility index (Phi) is 13.0. The molecule has 0 fully saturated rings. The first-order valence-corrected chi connectivity index (χ1v) is 8.30. The predicted octanol–water partition coefficient (Wildman–Crippen LogP) is -7.94. The molecule has 0 radical (unpaired) electrons. The highest BCUT2D eigenvalue weighted by Gasteiger charge is 2.30. The number of aliphatic hydroxyl groups excluding tert-OH is 10. The fraction of sp³-hybridized carbons (Fsp3) is 0.714. The Morgan fingerprint density at radius 3 is 1.20 bits per heavy atom. The van der Waals surface area contributed by atoms with Crippen LogP contribution >= 0.6 is 0 Å². The van der Waals surface area contributed by atoms with E-state index in [0.29, 0.717) is 12.4 Å². The molecular formula is C14H26N4O12. The van der Waals surface area contributed by atoms with E-state index in [1.54, 1.807) is 10.9 Å². The van der Waals surface area contributed by atoms with Crippen LogP contribution in [0.5, 0.6) is 0 Å². The molecule has 0 aromatic heterocycles. The van der Waals surface area contributed by atoms with Gasteiger partial charge in [-0.25, -0.2) is 10.9 Å². The number of hydrogen-bond donors (Lipinski definition) is 12. The van der Waals surface area contributed by atoms with Gasteiger partial charge in [0, 0.05) is 0 Å². The molecule has 0 aliphatic carbocycles. The lowest BCUT2D eigenvalue weighted by atomic mass is 10.0. The molecule has 0 aromatic rings. The van der Waals surface area contributed by atoms with E-state index in [2.05, 4.69) is 10.2 Å². The zero-order chi connectivity index (χ0) is 23.4. The van der Waals surface area contributed by atoms with Gasteiger partial charge in [-0.2, -0.15) is 10.2 Å². The summed E-state index contributed by atoms with van der Waals surface area (Å²) in [6.07, 6.45) is -14.0. The van der Waals surface area contributed by atoms with Crippen LogP contribution in [0, 0.1) is 0 Å². The van der Waals surface area contributed by atoms with Crippen molar-refractivity contribution in [2.45, 2.75) is 48.8 Å². The van der Waals surface area contributed by atoms with Crippen molar-refractivity contribution in [2.24, 2.45) is 10.2 Å². The van der Waals surface area contributed by atoms with E-state index in [9.17, 15) is 40.2 Å². The molecule has 0 heterocycles. The number of aliphatic hydroxyl groups is 10. The standard InChI is InChI=1S/C14H26N4O12/c19-3-7(23)11(27)9(25)5(21)1-15-17-13(29)14(30)18-16-2-6(22)10(26)12(28)8(24)4-20/h1-2,5-12,19-28H,3-4H2,(H,17,29)(H,18,30)/b15-1-,16-2+. The molecule has 0 rings (SSSR count). The van der Waals surface area contributed by atoms with E-state index in [0.717, 1.165) is 0 Å². The van der Waals surface area contributed by atoms with Crippen molar-refractivity contribution in [3.05, 3.63) is 0 Å². The van der Waals surface area contributed by atoms with Gasteiger partial charge in [-0.05, 0) is 0 Å². The normalized spacial score (nSPS) is 20.2. The number of rotatable bonds is 12. The van der Waals surface area contributed by atoms with Crippen LogP contribution < -0.4 is 10.9 Å². The van der Waals surface area contributed by atoms with E-state index in [1.165, 1.54) is 0 Å². The maximum atomic E-state index is 11.4. The molecular weight excluding hydrogens is 416 g/mol. The second-order valence-corrected chi connectivity index (χ2v) is 5.88. The number of hydrazone groups is 2. The van der Waals surface area contributed by atoms with Gasteiger partial charge in [-0.3, -0.25) is 9.59 Å². The zero-order valence-corrected chi connectivity index (χ0v) is 15.4. The molecule has 174 valence electrons. The average Bonchev–Trinajstić information content (AvgIpc) is 2.74. The predicted molar refractivity (Wildman–Crippen MR) is 95.5 cm³/mol. The highest BCUT2D eigenvalue weighted by atomic mass is 16.4. The van der Waals surface area contributed by atoms with E-state index in [1.807, 2.05) is 0 Å². The molecule has 0 saturated carbocycles. The molecule has 0 aliphatic rings. The second-order valence-electron chi connectivity index (χ2n) is 5.88. The third-order valence-electron chi connectivity index (χ3n) is 3.56. The maximum Gasteiger partial charge on any atom is 0.331 e. The zero-order valence-electron chi connectivity index (χ0n) is 15.4. The van der Waals surface area contributed by atoms with Crippen LogP contribution in [0.1, 0.15) is 0 Å². The molecule has 0 aliphatic heterocycles. The summed E-state index contributed by atoms with van der Waals surface area (Å²) in [5.41, 5.74) is 3.24. The summed E-state index contributed by atoms with van der Waals surface area (Å²) in [6, 6.07) is 0. The van der Waals surface area contributed by atoms with Gasteiger partial charge in [-0.1, -0.05) is 0 Å². The Hall–Kier alpha value is -2.12. The summed E-state index contributed by atoms with van der Waals surface area (Å²) < 4.78 is 0. The number of nitrogens with one attached hydrogen (secondary N) is 2. The molecule has 0 bridgehead atoms. The molecule has 2 amide bonds. The Morgan fingerprint density at radius 2 is 0.933 bits per heavy atom. The molecule has 16 heteroatoms. The van der Waals surface area contributed by atoms with Gasteiger partial charge in [0.2, 0.25) is 0 Å². The first-order chi connectivity index (χ1) is 14.0. The Balaban J connectivity index is 4.53. The highest BCUT2D eigenvalue weighted by Crippen LogP contribution is 2.04. The van der Waals surface area contributed by atoms with Crippen molar-refractivity contribution in [3.63, 3.8) is 0 Å². The number of hydrogen-bond acceptors (Lipinski definition) is 14. The van der Waals surface area contributed by atoms with Gasteiger partial charge < -0.3 is 51.1 Å². The van der Waals surface area contributed by atoms with Gasteiger partial charge in [0.25, 0.3) is 0 Å². The summed E-state index contributed by atoms with van der Waals surface area (Å²) in [7, 11) is 0. The molecule has 0 spiro atoms. The molecule has 16 nitrogen and oxygen atoms in total. The topological polar surface area (TPSA) is 285 Å².